The molecule has 45 heavy (non-hydrogen) atoms. The maximum Gasteiger partial charge on any atom is 0.0467 e. The van der Waals surface area contributed by atoms with Crippen LogP contribution >= 0.6 is 0 Å². The van der Waals surface area contributed by atoms with Gasteiger partial charge in [0, 0.05) is 45.7 Å². The number of rotatable bonds is 4. The van der Waals surface area contributed by atoms with Crippen molar-refractivity contribution in [2.24, 2.45) is 0 Å². The molecular formula is C42H29NOS. The van der Waals surface area contributed by atoms with E-state index in [1.807, 2.05) is 30.3 Å². The molecule has 0 fully saturated rings. The first-order chi connectivity index (χ1) is 22.2. The number of nitrogens with zero attached hydrogens (tertiary/aromatic N) is 1. The van der Waals surface area contributed by atoms with E-state index in [0.717, 1.165) is 70.0 Å². The molecule has 2 aliphatic heterocycles. The monoisotopic (exact) mass is 595 g/mol. The van der Waals surface area contributed by atoms with E-state index >= 15 is 4.21 Å². The second-order valence-electron chi connectivity index (χ2n) is 11.7. The third-order valence-electron chi connectivity index (χ3n) is 9.37. The molecule has 2 heterocycles. The summed E-state index contributed by atoms with van der Waals surface area (Å²) in [6.45, 7) is 0. The number of anilines is 3. The van der Waals surface area contributed by atoms with Gasteiger partial charge in [0.2, 0.25) is 0 Å². The Morgan fingerprint density at radius 1 is 0.333 bits per heavy atom. The molecule has 2 nitrogen and oxygen atoms in total. The van der Waals surface area contributed by atoms with Gasteiger partial charge in [-0.2, -0.15) is 0 Å². The second-order valence-corrected chi connectivity index (χ2v) is 15.4. The molecular weight excluding hydrogens is 567 g/mol. The van der Waals surface area contributed by atoms with Crippen LogP contribution in [0.1, 0.15) is 0 Å². The molecule has 7 aromatic rings. The van der Waals surface area contributed by atoms with E-state index in [4.69, 9.17) is 0 Å². The molecule has 0 unspecified atom stereocenters. The summed E-state index contributed by atoms with van der Waals surface area (Å²) in [6.07, 6.45) is 0. The van der Waals surface area contributed by atoms with Crippen molar-refractivity contribution in [1.82, 2.24) is 0 Å². The molecule has 0 aliphatic carbocycles. The summed E-state index contributed by atoms with van der Waals surface area (Å²) in [6, 6.07) is 61.0. The Bertz CT molecular complexity index is 2230. The highest BCUT2D eigenvalue weighted by Gasteiger charge is 2.57. The van der Waals surface area contributed by atoms with Crippen molar-refractivity contribution in [2.75, 3.05) is 4.90 Å². The highest BCUT2D eigenvalue weighted by atomic mass is 32.3. The Kier molecular flexibility index (Phi) is 5.47. The fourth-order valence-electron chi connectivity index (χ4n) is 7.47. The van der Waals surface area contributed by atoms with Crippen LogP contribution in [0.4, 0.5) is 17.1 Å². The van der Waals surface area contributed by atoms with Gasteiger partial charge in [-0.1, -0.05) is 115 Å². The van der Waals surface area contributed by atoms with Crippen LogP contribution in [0.5, 0.6) is 0 Å². The molecule has 0 bridgehead atoms. The van der Waals surface area contributed by atoms with E-state index in [2.05, 4.69) is 150 Å². The van der Waals surface area contributed by atoms with E-state index in [1.54, 1.807) is 0 Å². The van der Waals surface area contributed by atoms with Crippen LogP contribution in [0.25, 0.3) is 33.4 Å². The zero-order valence-corrected chi connectivity index (χ0v) is 25.3. The summed E-state index contributed by atoms with van der Waals surface area (Å²) in [5, 5.41) is 0. The van der Waals surface area contributed by atoms with Crippen LogP contribution in [0, 0.1) is 0 Å². The van der Waals surface area contributed by atoms with E-state index in [1.165, 1.54) is 0 Å². The summed E-state index contributed by atoms with van der Waals surface area (Å²) in [5.74, 6) is 0. The van der Waals surface area contributed by atoms with Gasteiger partial charge >= 0.3 is 0 Å². The Balaban J connectivity index is 1.29. The van der Waals surface area contributed by atoms with Gasteiger partial charge in [-0.3, -0.25) is 4.21 Å². The van der Waals surface area contributed by atoms with Crippen molar-refractivity contribution in [3.05, 3.63) is 176 Å². The second kappa shape index (κ2) is 9.49. The average Bonchev–Trinajstić information content (AvgIpc) is 3.50. The Hall–Kier alpha value is -5.51. The third-order valence-corrected chi connectivity index (χ3v) is 14.1. The lowest BCUT2D eigenvalue weighted by atomic mass is 10.00. The zero-order valence-electron chi connectivity index (χ0n) is 24.5. The Labute approximate surface area is 263 Å². The van der Waals surface area contributed by atoms with Crippen LogP contribution in [0.3, 0.4) is 0 Å². The van der Waals surface area contributed by atoms with Crippen molar-refractivity contribution >= 4 is 26.1 Å². The molecule has 1 spiro atoms. The van der Waals surface area contributed by atoms with Crippen molar-refractivity contribution < 1.29 is 4.21 Å². The SMILES string of the molecule is O=S12(c3ccccc3-c3ccccc31)c1ccccc1-c1ccc(-c3cccc(N(c4ccccc4)c4ccccc4)c3)cc12. The van der Waals surface area contributed by atoms with E-state index in [0.29, 0.717) is 0 Å². The van der Waals surface area contributed by atoms with E-state index in [9.17, 15) is 0 Å². The maximum atomic E-state index is 16.8. The van der Waals surface area contributed by atoms with Gasteiger partial charge in [0.15, 0.2) is 0 Å². The van der Waals surface area contributed by atoms with Crippen LogP contribution < -0.4 is 4.90 Å². The first-order valence-electron chi connectivity index (χ1n) is 15.3. The Morgan fingerprint density at radius 3 is 1.29 bits per heavy atom. The van der Waals surface area contributed by atoms with E-state index in [-0.39, 0.29) is 0 Å². The minimum Gasteiger partial charge on any atom is -0.310 e. The largest absolute Gasteiger partial charge is 0.310 e. The number of para-hydroxylation sites is 2. The van der Waals surface area contributed by atoms with Gasteiger partial charge in [0.1, 0.15) is 0 Å². The first kappa shape index (κ1) is 25.9. The van der Waals surface area contributed by atoms with Crippen molar-refractivity contribution in [2.45, 2.75) is 19.6 Å². The van der Waals surface area contributed by atoms with Gasteiger partial charge < -0.3 is 4.90 Å². The standard InChI is InChI=1S/C42H29NOS/c44-45(39-23-10-7-20-35(39)36-21-8-11-24-40(36)45)41-25-12-9-22-37(41)38-27-26-31(29-42(38)45)30-14-13-19-34(28-30)43(32-15-3-1-4-16-32)33-17-5-2-6-18-33/h1-29H. The number of hydrogen-bond acceptors (Lipinski definition) is 2. The molecule has 7 aromatic carbocycles. The predicted octanol–water partition coefficient (Wildman–Crippen LogP) is 11.1. The van der Waals surface area contributed by atoms with Gasteiger partial charge in [-0.15, -0.1) is 0 Å². The Morgan fingerprint density at radius 2 is 0.756 bits per heavy atom. The molecule has 0 saturated heterocycles. The lowest BCUT2D eigenvalue weighted by Gasteiger charge is -2.38. The molecule has 0 N–H and O–H groups in total. The van der Waals surface area contributed by atoms with Gasteiger partial charge in [-0.25, -0.2) is 0 Å². The predicted molar refractivity (Wildman–Crippen MR) is 185 cm³/mol. The first-order valence-corrected chi connectivity index (χ1v) is 17.2. The molecule has 214 valence electrons. The summed E-state index contributed by atoms with van der Waals surface area (Å²) >= 11 is 0. The minimum atomic E-state index is -3.88. The van der Waals surface area contributed by atoms with Gasteiger partial charge in [-0.05, 0) is 94.0 Å². The fraction of sp³-hybridized carbons (Fsp3) is 0. The molecule has 0 saturated carbocycles. The van der Waals surface area contributed by atoms with Crippen LogP contribution in [-0.2, 0) is 9.07 Å². The molecule has 9 rings (SSSR count). The summed E-state index contributed by atoms with van der Waals surface area (Å²) in [5.41, 5.74) is 9.57. The van der Waals surface area contributed by atoms with Crippen molar-refractivity contribution in [1.29, 1.82) is 0 Å². The summed E-state index contributed by atoms with van der Waals surface area (Å²) in [7, 11) is -3.88. The maximum absolute atomic E-state index is 16.8. The molecule has 0 amide bonds. The van der Waals surface area contributed by atoms with E-state index < -0.39 is 9.07 Å². The van der Waals surface area contributed by atoms with Crippen molar-refractivity contribution in [3.63, 3.8) is 0 Å². The normalized spacial score (nSPS) is 15.2. The minimum absolute atomic E-state index is 0.900. The van der Waals surface area contributed by atoms with Gasteiger partial charge in [0.25, 0.3) is 0 Å². The topological polar surface area (TPSA) is 20.3 Å². The molecule has 2 aliphatic rings. The summed E-state index contributed by atoms with van der Waals surface area (Å²) < 4.78 is 16.8. The lowest BCUT2D eigenvalue weighted by molar-refractivity contribution is 0.658. The number of benzene rings is 7. The van der Waals surface area contributed by atoms with Crippen LogP contribution in [0.15, 0.2) is 196 Å². The fourth-order valence-corrected chi connectivity index (χ4v) is 12.6. The molecule has 0 aromatic heterocycles. The molecule has 0 atom stereocenters. The van der Waals surface area contributed by atoms with Crippen molar-refractivity contribution in [3.8, 4) is 33.4 Å². The van der Waals surface area contributed by atoms with Gasteiger partial charge in [0.05, 0.1) is 0 Å². The quantitative estimate of drug-likeness (QED) is 0.202. The average molecular weight is 596 g/mol. The zero-order chi connectivity index (χ0) is 30.0. The summed E-state index contributed by atoms with van der Waals surface area (Å²) in [4.78, 5) is 5.91. The number of hydrogen-bond donors (Lipinski definition) is 0. The lowest BCUT2D eigenvalue weighted by Crippen LogP contribution is -2.30. The third kappa shape index (κ3) is 3.42. The van der Waals surface area contributed by atoms with Crippen LogP contribution in [-0.4, -0.2) is 4.21 Å². The molecule has 0 radical (unpaired) electrons. The highest BCUT2D eigenvalue weighted by Crippen LogP contribution is 2.71. The number of fused-ring (bicyclic) bond motifs is 10. The smallest absolute Gasteiger partial charge is 0.0467 e. The highest BCUT2D eigenvalue weighted by molar-refractivity contribution is 8.21. The molecule has 3 heteroatoms. The van der Waals surface area contributed by atoms with Crippen LogP contribution in [0.2, 0.25) is 0 Å².